The number of rotatable bonds is 5. The molecule has 21 heavy (non-hydrogen) atoms. The number of nitrogens with zero attached hydrogens (tertiary/aromatic N) is 1. The van der Waals surface area contributed by atoms with E-state index in [9.17, 15) is 13.6 Å². The third-order valence-electron chi connectivity index (χ3n) is 2.63. The molecule has 4 nitrogen and oxygen atoms in total. The van der Waals surface area contributed by atoms with Gasteiger partial charge in [0, 0.05) is 28.9 Å². The Balaban J connectivity index is 2.05. The summed E-state index contributed by atoms with van der Waals surface area (Å²) in [4.78, 5) is 16.5. The molecule has 0 saturated carbocycles. The summed E-state index contributed by atoms with van der Waals surface area (Å²) in [5.41, 5.74) is 7.06. The fraction of sp³-hybridized carbons (Fsp3) is 0.143. The first-order valence-corrected chi connectivity index (χ1v) is 6.97. The molecule has 1 heterocycles. The Kier molecular flexibility index (Phi) is 5.24. The molecule has 7 heteroatoms. The van der Waals surface area contributed by atoms with Gasteiger partial charge in [-0.2, -0.15) is 8.78 Å². The largest absolute Gasteiger partial charge is 0.325 e. The zero-order valence-corrected chi connectivity index (χ0v) is 11.7. The second-order valence-corrected chi connectivity index (χ2v) is 5.16. The van der Waals surface area contributed by atoms with Crippen molar-refractivity contribution in [1.29, 1.82) is 0 Å². The van der Waals surface area contributed by atoms with Crippen molar-refractivity contribution in [3.05, 3.63) is 53.9 Å². The van der Waals surface area contributed by atoms with E-state index in [0.29, 0.717) is 33.6 Å². The SMILES string of the molecule is NCc1cc(C(=O)Nc2ccc(SC(F)F)cc2)ccn1. The number of hydrogen-bond acceptors (Lipinski definition) is 4. The predicted molar refractivity (Wildman–Crippen MR) is 78.4 cm³/mol. The molecule has 0 radical (unpaired) electrons. The lowest BCUT2D eigenvalue weighted by Crippen LogP contribution is -2.13. The van der Waals surface area contributed by atoms with Crippen LogP contribution in [0.2, 0.25) is 0 Å². The molecule has 0 atom stereocenters. The van der Waals surface area contributed by atoms with Crippen molar-refractivity contribution in [3.63, 3.8) is 0 Å². The first-order valence-electron chi connectivity index (χ1n) is 6.09. The smallest absolute Gasteiger partial charge is 0.288 e. The first-order chi connectivity index (χ1) is 10.1. The number of alkyl halides is 2. The molecular formula is C14H13F2N3OS. The maximum absolute atomic E-state index is 12.2. The lowest BCUT2D eigenvalue weighted by Gasteiger charge is -2.07. The van der Waals surface area contributed by atoms with Gasteiger partial charge in [0.15, 0.2) is 0 Å². The lowest BCUT2D eigenvalue weighted by molar-refractivity contribution is 0.102. The second-order valence-electron chi connectivity index (χ2n) is 4.10. The minimum atomic E-state index is -2.46. The van der Waals surface area contributed by atoms with Crippen LogP contribution in [-0.2, 0) is 6.54 Å². The van der Waals surface area contributed by atoms with E-state index in [-0.39, 0.29) is 12.5 Å². The van der Waals surface area contributed by atoms with Crippen LogP contribution < -0.4 is 11.1 Å². The normalized spacial score (nSPS) is 10.7. The first kappa shape index (κ1) is 15.4. The molecule has 0 aliphatic carbocycles. The van der Waals surface area contributed by atoms with Crippen molar-refractivity contribution in [2.75, 3.05) is 5.32 Å². The topological polar surface area (TPSA) is 68.0 Å². The van der Waals surface area contributed by atoms with E-state index in [0.717, 1.165) is 0 Å². The summed E-state index contributed by atoms with van der Waals surface area (Å²) in [7, 11) is 0. The van der Waals surface area contributed by atoms with Crippen LogP contribution in [0.5, 0.6) is 0 Å². The van der Waals surface area contributed by atoms with Gasteiger partial charge in [0.05, 0.1) is 5.69 Å². The zero-order chi connectivity index (χ0) is 15.2. The number of pyridine rings is 1. The molecule has 1 amide bonds. The number of amides is 1. The van der Waals surface area contributed by atoms with Gasteiger partial charge in [-0.1, -0.05) is 11.8 Å². The van der Waals surface area contributed by atoms with Gasteiger partial charge in [0.1, 0.15) is 0 Å². The van der Waals surface area contributed by atoms with Gasteiger partial charge in [-0.3, -0.25) is 9.78 Å². The van der Waals surface area contributed by atoms with Crippen molar-refractivity contribution < 1.29 is 13.6 Å². The molecule has 0 unspecified atom stereocenters. The van der Waals surface area contributed by atoms with Crippen molar-refractivity contribution in [2.24, 2.45) is 5.73 Å². The number of carbonyl (C=O) groups is 1. The van der Waals surface area contributed by atoms with E-state index in [2.05, 4.69) is 10.3 Å². The van der Waals surface area contributed by atoms with Gasteiger partial charge in [-0.25, -0.2) is 0 Å². The molecule has 2 rings (SSSR count). The minimum Gasteiger partial charge on any atom is -0.325 e. The van der Waals surface area contributed by atoms with E-state index in [1.807, 2.05) is 0 Å². The van der Waals surface area contributed by atoms with Crippen molar-refractivity contribution >= 4 is 23.4 Å². The monoisotopic (exact) mass is 309 g/mol. The lowest BCUT2D eigenvalue weighted by atomic mass is 10.2. The Morgan fingerprint density at radius 2 is 2.00 bits per heavy atom. The summed E-state index contributed by atoms with van der Waals surface area (Å²) in [5.74, 6) is -2.77. The molecule has 0 saturated heterocycles. The number of halogens is 2. The maximum Gasteiger partial charge on any atom is 0.288 e. The van der Waals surface area contributed by atoms with E-state index in [1.165, 1.54) is 18.3 Å². The third-order valence-corrected chi connectivity index (χ3v) is 3.35. The zero-order valence-electron chi connectivity index (χ0n) is 10.9. The number of hydrogen-bond donors (Lipinski definition) is 2. The minimum absolute atomic E-state index is 0.251. The maximum atomic E-state index is 12.2. The Morgan fingerprint density at radius 3 is 2.62 bits per heavy atom. The standard InChI is InChI=1S/C14H13F2N3OS/c15-14(16)21-12-3-1-10(2-4-12)19-13(20)9-5-6-18-11(7-9)8-17/h1-7,14H,8,17H2,(H,19,20). The fourth-order valence-corrected chi connectivity index (χ4v) is 2.15. The van der Waals surface area contributed by atoms with Crippen molar-refractivity contribution in [2.45, 2.75) is 17.2 Å². The van der Waals surface area contributed by atoms with Crippen molar-refractivity contribution in [1.82, 2.24) is 4.98 Å². The molecule has 0 fully saturated rings. The number of nitrogens with two attached hydrogens (primary N) is 1. The molecule has 0 aliphatic rings. The van der Waals surface area contributed by atoms with Gasteiger partial charge < -0.3 is 11.1 Å². The van der Waals surface area contributed by atoms with Crippen LogP contribution in [-0.4, -0.2) is 16.6 Å². The molecule has 0 bridgehead atoms. The van der Waals surface area contributed by atoms with Crippen LogP contribution in [0.3, 0.4) is 0 Å². The number of benzene rings is 1. The summed E-state index contributed by atoms with van der Waals surface area (Å²) in [5, 5.41) is 2.69. The summed E-state index contributed by atoms with van der Waals surface area (Å²) in [6, 6.07) is 9.40. The Hall–Kier alpha value is -1.99. The van der Waals surface area contributed by atoms with Gasteiger partial charge in [-0.15, -0.1) is 0 Å². The number of aromatic nitrogens is 1. The molecule has 0 aliphatic heterocycles. The van der Waals surface area contributed by atoms with E-state index in [4.69, 9.17) is 5.73 Å². The van der Waals surface area contributed by atoms with Gasteiger partial charge in [0.25, 0.3) is 11.7 Å². The van der Waals surface area contributed by atoms with Crippen LogP contribution in [0.25, 0.3) is 0 Å². The van der Waals surface area contributed by atoms with Crippen LogP contribution >= 0.6 is 11.8 Å². The molecule has 1 aromatic carbocycles. The predicted octanol–water partition coefficient (Wildman–Crippen LogP) is 3.11. The van der Waals surface area contributed by atoms with Gasteiger partial charge in [0.2, 0.25) is 0 Å². The van der Waals surface area contributed by atoms with E-state index in [1.54, 1.807) is 24.3 Å². The number of carbonyl (C=O) groups excluding carboxylic acids is 1. The highest BCUT2D eigenvalue weighted by Gasteiger charge is 2.08. The number of anilines is 1. The number of thioether (sulfide) groups is 1. The highest BCUT2D eigenvalue weighted by atomic mass is 32.2. The van der Waals surface area contributed by atoms with Crippen LogP contribution in [0, 0.1) is 0 Å². The molecule has 1 aromatic heterocycles. The van der Waals surface area contributed by atoms with Gasteiger partial charge >= 0.3 is 0 Å². The van der Waals surface area contributed by atoms with Gasteiger partial charge in [-0.05, 0) is 36.4 Å². The summed E-state index contributed by atoms with van der Waals surface area (Å²) in [6.45, 7) is 0.251. The Bertz CT molecular complexity index is 620. The van der Waals surface area contributed by atoms with Crippen LogP contribution in [0.4, 0.5) is 14.5 Å². The molecular weight excluding hydrogens is 296 g/mol. The van der Waals surface area contributed by atoms with Crippen LogP contribution in [0.1, 0.15) is 16.1 Å². The summed E-state index contributed by atoms with van der Waals surface area (Å²) in [6.07, 6.45) is 1.51. The Morgan fingerprint density at radius 1 is 1.29 bits per heavy atom. The van der Waals surface area contributed by atoms with Crippen molar-refractivity contribution in [3.8, 4) is 0 Å². The average molecular weight is 309 g/mol. The Labute approximate surface area is 124 Å². The number of nitrogens with one attached hydrogen (secondary N) is 1. The highest BCUT2D eigenvalue weighted by molar-refractivity contribution is 7.99. The molecule has 110 valence electrons. The van der Waals surface area contributed by atoms with E-state index >= 15 is 0 Å². The average Bonchev–Trinajstić information content (AvgIpc) is 2.49. The molecule has 0 spiro atoms. The second kappa shape index (κ2) is 7.14. The summed E-state index contributed by atoms with van der Waals surface area (Å²) >= 11 is 0.459. The molecule has 3 N–H and O–H groups in total. The summed E-state index contributed by atoms with van der Waals surface area (Å²) < 4.78 is 24.4. The molecule has 2 aromatic rings. The fourth-order valence-electron chi connectivity index (χ4n) is 1.65. The van der Waals surface area contributed by atoms with E-state index < -0.39 is 5.76 Å². The highest BCUT2D eigenvalue weighted by Crippen LogP contribution is 2.26. The quantitative estimate of drug-likeness (QED) is 0.833. The van der Waals surface area contributed by atoms with Crippen LogP contribution in [0.15, 0.2) is 47.5 Å². The third kappa shape index (κ3) is 4.51.